The Kier molecular flexibility index (Phi) is 69.8. The zero-order valence-electron chi connectivity index (χ0n) is 55.1. The molecule has 0 fully saturated rings. The maximum atomic E-state index is 12.4. The van der Waals surface area contributed by atoms with Crippen LogP contribution in [0, 0.1) is 0 Å². The van der Waals surface area contributed by atoms with Crippen molar-refractivity contribution in [3.8, 4) is 0 Å². The Labute approximate surface area is 521 Å². The second kappa shape index (κ2) is 73.3. The van der Waals surface area contributed by atoms with Crippen molar-refractivity contribution < 1.29 is 24.2 Å². The van der Waals surface area contributed by atoms with Gasteiger partial charge in [-0.05, 0) is 116 Å². The third-order valence-corrected chi connectivity index (χ3v) is 15.4. The minimum Gasteiger partial charge on any atom is -0.462 e. The zero-order chi connectivity index (χ0) is 60.5. The summed E-state index contributed by atoms with van der Waals surface area (Å²) in [6.45, 7) is 4.04. The monoisotopic (exact) mass is 1160 g/mol. The van der Waals surface area contributed by atoms with E-state index in [0.29, 0.717) is 12.8 Å². The highest BCUT2D eigenvalue weighted by atomic mass is 16.6. The Morgan fingerprint density at radius 1 is 0.286 bits per heavy atom. The number of rotatable bonds is 65. The van der Waals surface area contributed by atoms with Gasteiger partial charge in [0.25, 0.3) is 0 Å². The molecule has 0 radical (unpaired) electrons. The first-order valence-corrected chi connectivity index (χ1v) is 35.7. The lowest BCUT2D eigenvalue weighted by molar-refractivity contribution is -0.161. The van der Waals surface area contributed by atoms with E-state index in [9.17, 15) is 14.7 Å². The molecule has 0 aromatic rings. The summed E-state index contributed by atoms with van der Waals surface area (Å²) in [6.07, 6.45) is 109. The maximum absolute atomic E-state index is 12.4. The molecule has 1 N–H and O–H groups in total. The van der Waals surface area contributed by atoms with Crippen LogP contribution in [0.3, 0.4) is 0 Å². The smallest absolute Gasteiger partial charge is 0.306 e. The van der Waals surface area contributed by atoms with Crippen molar-refractivity contribution in [3.63, 3.8) is 0 Å². The van der Waals surface area contributed by atoms with Gasteiger partial charge in [-0.1, -0.05) is 340 Å². The maximum Gasteiger partial charge on any atom is 0.306 e. The molecule has 0 saturated carbocycles. The number of aliphatic hydroxyl groups excluding tert-OH is 1. The number of aliphatic hydroxyl groups is 1. The highest BCUT2D eigenvalue weighted by Crippen LogP contribution is 2.17. The van der Waals surface area contributed by atoms with E-state index in [-0.39, 0.29) is 25.2 Å². The molecule has 0 aliphatic carbocycles. The fraction of sp³-hybridized carbons (Fsp3) is 0.696. The fourth-order valence-corrected chi connectivity index (χ4v) is 10.1. The van der Waals surface area contributed by atoms with Gasteiger partial charge in [0.1, 0.15) is 6.61 Å². The van der Waals surface area contributed by atoms with Gasteiger partial charge in [0, 0.05) is 12.8 Å². The summed E-state index contributed by atoms with van der Waals surface area (Å²) in [5, 5.41) is 9.70. The first-order valence-electron chi connectivity index (χ1n) is 35.7. The lowest BCUT2D eigenvalue weighted by Gasteiger charge is -2.15. The standard InChI is InChI=1S/C79H134O5/c1-3-5-7-9-11-13-15-17-19-21-23-25-27-29-31-33-35-37-38-39-40-42-44-46-48-50-52-54-56-58-60-62-64-66-68-70-72-74-79(82)84-77(75-80)76-83-78(81)73-71-69-67-65-63-61-59-57-55-53-51-49-47-45-43-41-36-34-32-30-28-26-24-22-20-18-16-14-12-10-8-6-4-2/h5,7,11,13,17,19,22-25,29,31,35,37,39-40,44,46,50,52,56,58,77,80H,3-4,6,8-10,12,14-16,18,20-21,26-28,30,32-34,36,38,41-43,45,47-49,51,53-55,57,59-76H2,1-2H3/b7-5-,13-11-,19-17-,24-22-,25-23-,31-29-,37-35-,40-39-,46-44-,52-50-,58-56-. The molecular formula is C79H134O5. The Morgan fingerprint density at radius 2 is 0.512 bits per heavy atom. The van der Waals surface area contributed by atoms with E-state index in [2.05, 4.69) is 148 Å². The molecule has 0 heterocycles. The quantitative estimate of drug-likeness (QED) is 0.0373. The number of allylic oxidation sites excluding steroid dienone is 22. The van der Waals surface area contributed by atoms with E-state index < -0.39 is 6.10 Å². The molecule has 5 heteroatoms. The highest BCUT2D eigenvalue weighted by molar-refractivity contribution is 5.70. The van der Waals surface area contributed by atoms with Gasteiger partial charge in [-0.2, -0.15) is 0 Å². The van der Waals surface area contributed by atoms with Crippen molar-refractivity contribution in [3.05, 3.63) is 134 Å². The number of hydrogen-bond acceptors (Lipinski definition) is 5. The number of carbonyl (C=O) groups is 2. The van der Waals surface area contributed by atoms with Gasteiger partial charge < -0.3 is 14.6 Å². The SMILES string of the molecule is CC/C=C\C/C=C\C/C=C\C/C=C\C/C=C\C/C=C\C/C=C\C/C=C\C/C=C\C/C=C\CCCCCCCCC(=O)OC(CO)COC(=O)CCCCCCCCCCCCCCCCCCCCCCC/C=C\CCCCCCCCCC. The van der Waals surface area contributed by atoms with Crippen LogP contribution >= 0.6 is 0 Å². The van der Waals surface area contributed by atoms with Crippen molar-refractivity contribution in [2.75, 3.05) is 13.2 Å². The van der Waals surface area contributed by atoms with E-state index in [1.807, 2.05) is 0 Å². The van der Waals surface area contributed by atoms with E-state index in [1.165, 1.54) is 199 Å². The molecule has 0 aliphatic heterocycles. The molecule has 1 atom stereocenters. The number of hydrogen-bond donors (Lipinski definition) is 1. The van der Waals surface area contributed by atoms with Crippen LogP contribution in [0.25, 0.3) is 0 Å². The summed E-state index contributed by atoms with van der Waals surface area (Å²) in [4.78, 5) is 24.7. The van der Waals surface area contributed by atoms with E-state index in [4.69, 9.17) is 9.47 Å². The van der Waals surface area contributed by atoms with Crippen LogP contribution in [0.5, 0.6) is 0 Å². The van der Waals surface area contributed by atoms with Gasteiger partial charge in [-0.25, -0.2) is 0 Å². The molecule has 0 spiro atoms. The summed E-state index contributed by atoms with van der Waals surface area (Å²) in [6, 6.07) is 0. The van der Waals surface area contributed by atoms with E-state index in [0.717, 1.165) is 109 Å². The highest BCUT2D eigenvalue weighted by Gasteiger charge is 2.16. The molecule has 84 heavy (non-hydrogen) atoms. The molecule has 0 bridgehead atoms. The molecule has 0 aromatic carbocycles. The van der Waals surface area contributed by atoms with Crippen LogP contribution in [0.4, 0.5) is 0 Å². The van der Waals surface area contributed by atoms with Crippen molar-refractivity contribution in [2.24, 2.45) is 0 Å². The van der Waals surface area contributed by atoms with E-state index >= 15 is 0 Å². The van der Waals surface area contributed by atoms with Crippen LogP contribution in [-0.2, 0) is 19.1 Å². The van der Waals surface area contributed by atoms with Crippen molar-refractivity contribution >= 4 is 11.9 Å². The van der Waals surface area contributed by atoms with Crippen LogP contribution < -0.4 is 0 Å². The Balaban J connectivity index is 3.53. The van der Waals surface area contributed by atoms with Crippen LogP contribution in [-0.4, -0.2) is 36.4 Å². The minimum absolute atomic E-state index is 0.0762. The number of esters is 2. The Morgan fingerprint density at radius 3 is 0.786 bits per heavy atom. The summed E-state index contributed by atoms with van der Waals surface area (Å²) in [7, 11) is 0. The van der Waals surface area contributed by atoms with Crippen LogP contribution in [0.1, 0.15) is 335 Å². The average Bonchev–Trinajstić information content (AvgIpc) is 3.51. The average molecular weight is 1160 g/mol. The second-order valence-electron chi connectivity index (χ2n) is 23.6. The summed E-state index contributed by atoms with van der Waals surface area (Å²) in [5.74, 6) is -0.603. The normalized spacial score (nSPS) is 13.0. The first kappa shape index (κ1) is 80.0. The Bertz CT molecular complexity index is 1700. The molecular weight excluding hydrogens is 1030 g/mol. The third-order valence-electron chi connectivity index (χ3n) is 15.4. The number of carbonyl (C=O) groups excluding carboxylic acids is 2. The fourth-order valence-electron chi connectivity index (χ4n) is 10.1. The number of ether oxygens (including phenoxy) is 2. The van der Waals surface area contributed by atoms with Crippen LogP contribution in [0.15, 0.2) is 134 Å². The van der Waals surface area contributed by atoms with Crippen molar-refractivity contribution in [2.45, 2.75) is 341 Å². The molecule has 1 unspecified atom stereocenters. The molecule has 5 nitrogen and oxygen atoms in total. The van der Waals surface area contributed by atoms with Gasteiger partial charge in [-0.15, -0.1) is 0 Å². The molecule has 0 rings (SSSR count). The lowest BCUT2D eigenvalue weighted by atomic mass is 10.0. The van der Waals surface area contributed by atoms with Crippen LogP contribution in [0.2, 0.25) is 0 Å². The molecule has 0 aromatic heterocycles. The number of unbranched alkanes of at least 4 members (excludes halogenated alkanes) is 35. The minimum atomic E-state index is -0.790. The third kappa shape index (κ3) is 70.5. The summed E-state index contributed by atoms with van der Waals surface area (Å²) >= 11 is 0. The summed E-state index contributed by atoms with van der Waals surface area (Å²) in [5.41, 5.74) is 0. The van der Waals surface area contributed by atoms with E-state index in [1.54, 1.807) is 0 Å². The predicted octanol–water partition coefficient (Wildman–Crippen LogP) is 25.1. The molecule has 480 valence electrons. The molecule has 0 saturated heterocycles. The lowest BCUT2D eigenvalue weighted by Crippen LogP contribution is -2.28. The zero-order valence-corrected chi connectivity index (χ0v) is 55.1. The predicted molar refractivity (Wildman–Crippen MR) is 371 cm³/mol. The summed E-state index contributed by atoms with van der Waals surface area (Å²) < 4.78 is 10.7. The largest absolute Gasteiger partial charge is 0.462 e. The first-order chi connectivity index (χ1) is 41.6. The van der Waals surface area contributed by atoms with Gasteiger partial charge >= 0.3 is 11.9 Å². The molecule has 0 amide bonds. The second-order valence-corrected chi connectivity index (χ2v) is 23.6. The van der Waals surface area contributed by atoms with Gasteiger partial charge in [0.2, 0.25) is 0 Å². The Hall–Kier alpha value is -3.96. The van der Waals surface area contributed by atoms with Gasteiger partial charge in [0.05, 0.1) is 6.61 Å². The van der Waals surface area contributed by atoms with Crippen molar-refractivity contribution in [1.29, 1.82) is 0 Å². The molecule has 0 aliphatic rings. The topological polar surface area (TPSA) is 72.8 Å². The van der Waals surface area contributed by atoms with Gasteiger partial charge in [-0.3, -0.25) is 9.59 Å². The van der Waals surface area contributed by atoms with Crippen molar-refractivity contribution in [1.82, 2.24) is 0 Å². The van der Waals surface area contributed by atoms with Gasteiger partial charge in [0.15, 0.2) is 6.10 Å².